The van der Waals surface area contributed by atoms with Gasteiger partial charge in [0.1, 0.15) is 5.69 Å². The van der Waals surface area contributed by atoms with Crippen LogP contribution in [0.15, 0.2) is 23.7 Å². The quantitative estimate of drug-likeness (QED) is 0.408. The van der Waals surface area contributed by atoms with E-state index < -0.39 is 0 Å². The van der Waals surface area contributed by atoms with E-state index in [1.165, 1.54) is 11.2 Å². The Bertz CT molecular complexity index is 310. The number of nitrogens with two attached hydrogens (primary N) is 1. The largest absolute Gasteiger partial charge is 0.375 e. The standard InChI is InChI=1S/C7H9N5S/c1-12(7(8)13)11-5-6-4-9-2-3-10-6/h2-5H,1H3,(H2,8,13)/b11-5+. The van der Waals surface area contributed by atoms with Crippen LogP contribution in [0.3, 0.4) is 0 Å². The van der Waals surface area contributed by atoms with Crippen LogP contribution in [0.25, 0.3) is 0 Å². The van der Waals surface area contributed by atoms with Crippen molar-refractivity contribution in [2.75, 3.05) is 7.05 Å². The van der Waals surface area contributed by atoms with Crippen LogP contribution in [0, 0.1) is 0 Å². The lowest BCUT2D eigenvalue weighted by atomic mass is 10.5. The molecule has 1 aromatic rings. The van der Waals surface area contributed by atoms with E-state index in [1.54, 1.807) is 25.6 Å². The molecule has 0 fully saturated rings. The van der Waals surface area contributed by atoms with Crippen LogP contribution in [0.1, 0.15) is 5.69 Å². The van der Waals surface area contributed by atoms with E-state index in [-0.39, 0.29) is 5.11 Å². The second kappa shape index (κ2) is 4.46. The van der Waals surface area contributed by atoms with Crippen molar-refractivity contribution in [2.45, 2.75) is 0 Å². The molecule has 0 saturated carbocycles. The Morgan fingerprint density at radius 2 is 2.46 bits per heavy atom. The summed E-state index contributed by atoms with van der Waals surface area (Å²) in [6.07, 6.45) is 6.31. The van der Waals surface area contributed by atoms with Gasteiger partial charge < -0.3 is 5.73 Å². The van der Waals surface area contributed by atoms with Crippen molar-refractivity contribution in [3.8, 4) is 0 Å². The van der Waals surface area contributed by atoms with Crippen molar-refractivity contribution in [1.29, 1.82) is 0 Å². The highest BCUT2D eigenvalue weighted by Gasteiger charge is 1.93. The predicted octanol–water partition coefficient (Wildman–Crippen LogP) is -0.0141. The Hall–Kier alpha value is -1.56. The van der Waals surface area contributed by atoms with Gasteiger partial charge in [-0.1, -0.05) is 0 Å². The lowest BCUT2D eigenvalue weighted by Gasteiger charge is -2.07. The maximum absolute atomic E-state index is 5.31. The molecule has 0 aliphatic carbocycles. The van der Waals surface area contributed by atoms with E-state index in [1.807, 2.05) is 0 Å². The molecule has 0 aliphatic rings. The average molecular weight is 195 g/mol. The number of hydrazone groups is 1. The normalized spacial score (nSPS) is 10.2. The molecular formula is C7H9N5S. The van der Waals surface area contributed by atoms with Crippen molar-refractivity contribution in [2.24, 2.45) is 10.8 Å². The van der Waals surface area contributed by atoms with Gasteiger partial charge in [0.05, 0.1) is 12.4 Å². The van der Waals surface area contributed by atoms with Gasteiger partial charge in [0.2, 0.25) is 0 Å². The van der Waals surface area contributed by atoms with Crippen LogP contribution in [0.2, 0.25) is 0 Å². The zero-order valence-electron chi connectivity index (χ0n) is 7.08. The third-order valence-electron chi connectivity index (χ3n) is 1.27. The number of aromatic nitrogens is 2. The molecule has 0 radical (unpaired) electrons. The molecule has 13 heavy (non-hydrogen) atoms. The molecule has 1 rings (SSSR count). The summed E-state index contributed by atoms with van der Waals surface area (Å²) in [6.45, 7) is 0. The summed E-state index contributed by atoms with van der Waals surface area (Å²) in [6, 6.07) is 0. The van der Waals surface area contributed by atoms with Crippen molar-refractivity contribution in [3.63, 3.8) is 0 Å². The lowest BCUT2D eigenvalue weighted by Crippen LogP contribution is -2.27. The van der Waals surface area contributed by atoms with Gasteiger partial charge in [-0.2, -0.15) is 5.10 Å². The van der Waals surface area contributed by atoms with E-state index in [0.29, 0.717) is 5.69 Å². The molecule has 0 bridgehead atoms. The van der Waals surface area contributed by atoms with Crippen molar-refractivity contribution in [1.82, 2.24) is 15.0 Å². The van der Waals surface area contributed by atoms with Crippen LogP contribution < -0.4 is 5.73 Å². The van der Waals surface area contributed by atoms with E-state index in [0.717, 1.165) is 0 Å². The molecular weight excluding hydrogens is 186 g/mol. The van der Waals surface area contributed by atoms with Crippen molar-refractivity contribution >= 4 is 23.5 Å². The number of hydrogen-bond acceptors (Lipinski definition) is 4. The average Bonchev–Trinajstić information content (AvgIpc) is 2.15. The molecule has 1 heterocycles. The Kier molecular flexibility index (Phi) is 3.27. The second-order valence-electron chi connectivity index (χ2n) is 2.24. The first-order chi connectivity index (χ1) is 6.20. The van der Waals surface area contributed by atoms with Crippen molar-refractivity contribution in [3.05, 3.63) is 24.3 Å². The maximum Gasteiger partial charge on any atom is 0.186 e. The topological polar surface area (TPSA) is 67.4 Å². The minimum Gasteiger partial charge on any atom is -0.375 e. The van der Waals surface area contributed by atoms with E-state index >= 15 is 0 Å². The number of thiocarbonyl (C=S) groups is 1. The van der Waals surface area contributed by atoms with E-state index in [2.05, 4.69) is 27.3 Å². The molecule has 0 saturated heterocycles. The highest BCUT2D eigenvalue weighted by atomic mass is 32.1. The third-order valence-corrected chi connectivity index (χ3v) is 1.53. The third kappa shape index (κ3) is 3.12. The molecule has 5 nitrogen and oxygen atoms in total. The minimum atomic E-state index is 0.208. The summed E-state index contributed by atoms with van der Waals surface area (Å²) < 4.78 is 0. The molecule has 0 aromatic carbocycles. The summed E-state index contributed by atoms with van der Waals surface area (Å²) in [7, 11) is 1.66. The van der Waals surface area contributed by atoms with E-state index in [4.69, 9.17) is 5.73 Å². The van der Waals surface area contributed by atoms with Gasteiger partial charge in [-0.25, -0.2) is 5.01 Å². The zero-order chi connectivity index (χ0) is 9.68. The van der Waals surface area contributed by atoms with Gasteiger partial charge in [-0.05, 0) is 12.2 Å². The smallest absolute Gasteiger partial charge is 0.186 e. The first-order valence-electron chi connectivity index (χ1n) is 3.53. The van der Waals surface area contributed by atoms with Crippen LogP contribution in [-0.2, 0) is 0 Å². The predicted molar refractivity (Wildman–Crippen MR) is 54.2 cm³/mol. The first-order valence-corrected chi connectivity index (χ1v) is 3.94. The highest BCUT2D eigenvalue weighted by molar-refractivity contribution is 7.80. The number of nitrogens with zero attached hydrogens (tertiary/aromatic N) is 4. The van der Waals surface area contributed by atoms with Gasteiger partial charge in [0.25, 0.3) is 0 Å². The van der Waals surface area contributed by atoms with Crippen LogP contribution in [0.5, 0.6) is 0 Å². The molecule has 1 aromatic heterocycles. The van der Waals surface area contributed by atoms with Crippen LogP contribution in [0.4, 0.5) is 0 Å². The van der Waals surface area contributed by atoms with Gasteiger partial charge >= 0.3 is 0 Å². The fourth-order valence-electron chi connectivity index (χ4n) is 0.580. The summed E-state index contributed by atoms with van der Waals surface area (Å²) in [4.78, 5) is 7.86. The second-order valence-corrected chi connectivity index (χ2v) is 2.65. The van der Waals surface area contributed by atoms with Gasteiger partial charge in [0, 0.05) is 19.4 Å². The van der Waals surface area contributed by atoms with Crippen LogP contribution in [-0.4, -0.2) is 33.4 Å². The van der Waals surface area contributed by atoms with Gasteiger partial charge in [-0.3, -0.25) is 9.97 Å². The first kappa shape index (κ1) is 9.53. The Labute approximate surface area is 81.3 Å². The summed E-state index contributed by atoms with van der Waals surface area (Å²) >= 11 is 4.69. The number of hydrogen-bond donors (Lipinski definition) is 1. The lowest BCUT2D eigenvalue weighted by molar-refractivity contribution is 0.552. The molecule has 0 aliphatic heterocycles. The monoisotopic (exact) mass is 195 g/mol. The molecule has 68 valence electrons. The maximum atomic E-state index is 5.31. The van der Waals surface area contributed by atoms with Crippen LogP contribution >= 0.6 is 12.2 Å². The molecule has 6 heteroatoms. The van der Waals surface area contributed by atoms with Gasteiger partial charge in [0.15, 0.2) is 5.11 Å². The van der Waals surface area contributed by atoms with Crippen molar-refractivity contribution < 1.29 is 0 Å². The molecule has 0 amide bonds. The van der Waals surface area contributed by atoms with Gasteiger partial charge in [-0.15, -0.1) is 0 Å². The number of rotatable bonds is 2. The Balaban J connectivity index is 2.64. The Morgan fingerprint density at radius 1 is 1.69 bits per heavy atom. The SMILES string of the molecule is CN(/N=C/c1cnccn1)C(N)=S. The molecule has 0 unspecified atom stereocenters. The molecule has 0 spiro atoms. The fraction of sp³-hybridized carbons (Fsp3) is 0.143. The molecule has 2 N–H and O–H groups in total. The Morgan fingerprint density at radius 3 is 3.00 bits per heavy atom. The summed E-state index contributed by atoms with van der Waals surface area (Å²) in [5, 5.41) is 5.52. The fourth-order valence-corrected chi connectivity index (χ4v) is 0.627. The minimum absolute atomic E-state index is 0.208. The highest BCUT2D eigenvalue weighted by Crippen LogP contribution is 1.87. The molecule has 0 atom stereocenters. The van der Waals surface area contributed by atoms with E-state index in [9.17, 15) is 0 Å². The zero-order valence-corrected chi connectivity index (χ0v) is 7.90. The summed E-state index contributed by atoms with van der Waals surface area (Å²) in [5.74, 6) is 0. The summed E-state index contributed by atoms with van der Waals surface area (Å²) in [5.41, 5.74) is 5.97.